The fraction of sp³-hybridized carbons (Fsp3) is 0.500. The maximum absolute atomic E-state index is 13.2. The van der Waals surface area contributed by atoms with Crippen molar-refractivity contribution in [2.75, 3.05) is 13.6 Å². The first kappa shape index (κ1) is 19.2. The number of carbonyl (C=O) groups excluding carboxylic acids is 1. The number of rotatable bonds is 6. The fourth-order valence-corrected chi connectivity index (χ4v) is 6.76. The summed E-state index contributed by atoms with van der Waals surface area (Å²) in [6, 6.07) is 5.25. The number of nitrogens with zero attached hydrogens (tertiary/aromatic N) is 1. The van der Waals surface area contributed by atoms with Crippen LogP contribution in [0.3, 0.4) is 0 Å². The molecule has 0 radical (unpaired) electrons. The molecule has 7 nitrogen and oxygen atoms in total. The third-order valence-electron chi connectivity index (χ3n) is 6.71. The van der Waals surface area contributed by atoms with E-state index in [9.17, 15) is 19.8 Å². The Morgan fingerprint density at radius 1 is 1.28 bits per heavy atom. The Hall–Kier alpha value is -1.78. The summed E-state index contributed by atoms with van der Waals surface area (Å²) in [4.78, 5) is 25.1. The number of carbonyl (C=O) groups is 2. The highest BCUT2D eigenvalue weighted by Crippen LogP contribution is 2.52. The van der Waals surface area contributed by atoms with Crippen molar-refractivity contribution in [2.24, 2.45) is 0 Å². The second-order valence-corrected chi connectivity index (χ2v) is 10.0. The van der Waals surface area contributed by atoms with Crippen molar-refractivity contribution >= 4 is 34.6 Å². The Morgan fingerprint density at radius 2 is 2.00 bits per heavy atom. The number of carboxylic acid groups (broad SMARTS) is 1. The predicted octanol–water partition coefficient (Wildman–Crippen LogP) is 1.80. The molecule has 3 saturated heterocycles. The van der Waals surface area contributed by atoms with Gasteiger partial charge in [-0.2, -0.15) is 11.3 Å². The van der Waals surface area contributed by atoms with Gasteiger partial charge in [0.25, 0.3) is 0 Å². The monoisotopic (exact) mass is 436 g/mol. The highest BCUT2D eigenvalue weighted by Gasteiger charge is 2.72. The Kier molecular flexibility index (Phi) is 4.38. The first-order valence-electron chi connectivity index (χ1n) is 9.56. The van der Waals surface area contributed by atoms with Crippen molar-refractivity contribution in [2.45, 2.75) is 48.8 Å². The molecule has 2 N–H and O–H groups in total. The molecule has 2 bridgehead atoms. The molecule has 5 heterocycles. The van der Waals surface area contributed by atoms with E-state index in [-0.39, 0.29) is 36.9 Å². The number of thiophene rings is 2. The summed E-state index contributed by atoms with van der Waals surface area (Å²) >= 11 is 2.72. The zero-order valence-corrected chi connectivity index (χ0v) is 17.4. The summed E-state index contributed by atoms with van der Waals surface area (Å²) in [6.45, 7) is 0.0421. The van der Waals surface area contributed by atoms with Crippen LogP contribution in [0, 0.1) is 0 Å². The summed E-state index contributed by atoms with van der Waals surface area (Å²) in [7, 11) is 1.96. The number of hydrogen-bond acceptors (Lipinski definition) is 7. The molecule has 3 aliphatic heterocycles. The lowest BCUT2D eigenvalue weighted by atomic mass is 9.93. The van der Waals surface area contributed by atoms with Crippen molar-refractivity contribution in [3.63, 3.8) is 0 Å². The lowest BCUT2D eigenvalue weighted by Gasteiger charge is -2.47. The Labute approximate surface area is 175 Å². The minimum atomic E-state index is -1.83. The lowest BCUT2D eigenvalue weighted by Crippen LogP contribution is -2.64. The van der Waals surface area contributed by atoms with Crippen molar-refractivity contribution in [1.29, 1.82) is 0 Å². The summed E-state index contributed by atoms with van der Waals surface area (Å²) in [5.41, 5.74) is -1.32. The molecule has 5 rings (SSSR count). The third-order valence-corrected chi connectivity index (χ3v) is 8.37. The van der Waals surface area contributed by atoms with E-state index in [0.29, 0.717) is 27.8 Å². The number of aliphatic hydroxyl groups is 1. The molecule has 0 amide bonds. The molecule has 2 aromatic rings. The van der Waals surface area contributed by atoms with Gasteiger partial charge in [0.05, 0.1) is 11.9 Å². The molecule has 3 aliphatic rings. The van der Waals surface area contributed by atoms with Crippen LogP contribution in [0.4, 0.5) is 0 Å². The van der Waals surface area contributed by atoms with Gasteiger partial charge in [-0.05, 0) is 28.3 Å². The molecule has 2 aromatic heterocycles. The minimum Gasteiger partial charge on any atom is -0.477 e. The average Bonchev–Trinajstić information content (AvgIpc) is 3.03. The van der Waals surface area contributed by atoms with Gasteiger partial charge in [-0.25, -0.2) is 9.59 Å². The van der Waals surface area contributed by atoms with Crippen molar-refractivity contribution in [3.8, 4) is 0 Å². The maximum Gasteiger partial charge on any atom is 0.359 e. The number of hydrogen-bond donors (Lipinski definition) is 2. The topological polar surface area (TPSA) is 96.4 Å². The SMILES string of the molecule is C[N+]1(CC(=O)O)[C@@H]2CC(OC(=O)C(O)(c3ccsc3)c3cccs3)C[C@H]1[C@@H]1O[C@@H]12. The molecule has 154 valence electrons. The number of carboxylic acids is 1. The molecule has 3 fully saturated rings. The number of esters is 1. The van der Waals surface area contributed by atoms with Gasteiger partial charge in [0.2, 0.25) is 5.60 Å². The second-order valence-electron chi connectivity index (χ2n) is 8.30. The summed E-state index contributed by atoms with van der Waals surface area (Å²) in [5.74, 6) is -1.50. The van der Waals surface area contributed by atoms with E-state index in [2.05, 4.69) is 0 Å². The van der Waals surface area contributed by atoms with Crippen LogP contribution in [0.2, 0.25) is 0 Å². The molecule has 3 unspecified atom stereocenters. The fourth-order valence-electron chi connectivity index (χ4n) is 5.23. The number of ether oxygens (including phenoxy) is 2. The smallest absolute Gasteiger partial charge is 0.359 e. The van der Waals surface area contributed by atoms with Gasteiger partial charge in [0, 0.05) is 18.4 Å². The summed E-state index contributed by atoms with van der Waals surface area (Å²) in [6.07, 6.45) is 0.801. The Balaban J connectivity index is 1.37. The first-order chi connectivity index (χ1) is 13.8. The van der Waals surface area contributed by atoms with E-state index < -0.39 is 17.5 Å². The van der Waals surface area contributed by atoms with Crippen LogP contribution >= 0.6 is 22.7 Å². The quantitative estimate of drug-likeness (QED) is 0.407. The van der Waals surface area contributed by atoms with E-state index in [0.717, 1.165) is 0 Å². The normalized spacial score (nSPS) is 36.8. The molecule has 9 heteroatoms. The van der Waals surface area contributed by atoms with E-state index in [1.807, 2.05) is 17.8 Å². The molecule has 7 atom stereocenters. The van der Waals surface area contributed by atoms with Crippen molar-refractivity contribution in [1.82, 2.24) is 0 Å². The highest BCUT2D eigenvalue weighted by atomic mass is 32.1. The van der Waals surface area contributed by atoms with Gasteiger partial charge in [0.1, 0.15) is 30.4 Å². The van der Waals surface area contributed by atoms with E-state index in [4.69, 9.17) is 9.47 Å². The average molecular weight is 437 g/mol. The number of epoxide rings is 1. The Morgan fingerprint density at radius 3 is 2.55 bits per heavy atom. The maximum atomic E-state index is 13.2. The summed E-state index contributed by atoms with van der Waals surface area (Å²) < 4.78 is 12.0. The molecule has 0 aliphatic carbocycles. The predicted molar refractivity (Wildman–Crippen MR) is 106 cm³/mol. The van der Waals surface area contributed by atoms with Gasteiger partial charge >= 0.3 is 11.9 Å². The third kappa shape index (κ3) is 2.87. The van der Waals surface area contributed by atoms with Crippen LogP contribution < -0.4 is 0 Å². The molecule has 0 saturated carbocycles. The van der Waals surface area contributed by atoms with Gasteiger partial charge in [0.15, 0.2) is 6.54 Å². The molecule has 0 spiro atoms. The van der Waals surface area contributed by atoms with Crippen LogP contribution in [0.5, 0.6) is 0 Å². The van der Waals surface area contributed by atoms with Crippen molar-refractivity contribution < 1.29 is 33.8 Å². The van der Waals surface area contributed by atoms with Gasteiger partial charge in [-0.1, -0.05) is 6.07 Å². The number of likely N-dealkylation sites (N-methyl/N-ethyl adjacent to an activating group) is 1. The van der Waals surface area contributed by atoms with Crippen molar-refractivity contribution in [3.05, 3.63) is 44.8 Å². The van der Waals surface area contributed by atoms with Gasteiger partial charge in [-0.3, -0.25) is 0 Å². The number of piperidine rings is 1. The number of morpholine rings is 1. The second kappa shape index (κ2) is 6.61. The molecule has 29 heavy (non-hydrogen) atoms. The highest BCUT2D eigenvalue weighted by molar-refractivity contribution is 7.10. The molecular weight excluding hydrogens is 414 g/mol. The van der Waals surface area contributed by atoms with E-state index in [1.165, 1.54) is 22.7 Å². The first-order valence-corrected chi connectivity index (χ1v) is 11.4. The number of aliphatic carboxylic acids is 1. The molecule has 0 aromatic carbocycles. The van der Waals surface area contributed by atoms with Crippen LogP contribution in [-0.2, 0) is 24.7 Å². The largest absolute Gasteiger partial charge is 0.477 e. The molecular formula is C20H22NO6S2+. The Bertz CT molecular complexity index is 875. The van der Waals surface area contributed by atoms with Crippen LogP contribution in [0.25, 0.3) is 0 Å². The van der Waals surface area contributed by atoms with Crippen LogP contribution in [-0.4, -0.2) is 70.6 Å². The minimum absolute atomic E-state index is 0.0105. The zero-order chi connectivity index (χ0) is 20.4. The van der Waals surface area contributed by atoms with Crippen LogP contribution in [0.1, 0.15) is 23.3 Å². The summed E-state index contributed by atoms with van der Waals surface area (Å²) in [5, 5.41) is 26.1. The van der Waals surface area contributed by atoms with E-state index in [1.54, 1.807) is 23.6 Å². The number of quaternary nitrogens is 1. The van der Waals surface area contributed by atoms with E-state index >= 15 is 0 Å². The van der Waals surface area contributed by atoms with Gasteiger partial charge in [-0.15, -0.1) is 11.3 Å². The van der Waals surface area contributed by atoms with Gasteiger partial charge < -0.3 is 24.2 Å². The standard InChI is InChI=1S/C20H21NO6S2/c1-21(9-16(22)23)13-7-12(8-14(21)18-17(13)27-18)26-19(24)20(25,11-4-6-28-10-11)15-3-2-5-29-15/h2-6,10,12-14,17-18,25H,7-9H2,1H3/p+1/t12?,13-,14+,17-,18+,20?,21?. The number of fused-ring (bicyclic) bond motifs is 5. The zero-order valence-electron chi connectivity index (χ0n) is 15.8. The van der Waals surface area contributed by atoms with Crippen LogP contribution in [0.15, 0.2) is 34.3 Å². The lowest BCUT2D eigenvalue weighted by molar-refractivity contribution is -0.949.